The Morgan fingerprint density at radius 1 is 1.08 bits per heavy atom. The number of ether oxygens (including phenoxy) is 2. The average molecular weight is 367 g/mol. The Morgan fingerprint density at radius 3 is 2.27 bits per heavy atom. The number of hydrogen-bond acceptors (Lipinski definition) is 4. The molecular weight excluding hydrogens is 332 g/mol. The second-order valence-electron chi connectivity index (χ2n) is 6.32. The molecule has 0 saturated heterocycles. The van der Waals surface area contributed by atoms with Crippen LogP contribution in [0.3, 0.4) is 0 Å². The number of hydrazine groups is 1. The topological polar surface area (TPSA) is 67.9 Å². The minimum atomic E-state index is -0.679. The van der Waals surface area contributed by atoms with Crippen molar-refractivity contribution in [3.63, 3.8) is 0 Å². The van der Waals surface area contributed by atoms with Crippen LogP contribution < -0.4 is 5.43 Å². The number of nitrogens with one attached hydrogen (secondary N) is 1. The standard InChI is InChI=1S/C20H34N2O4/c1-7-9-10-11-12-13-18(8-2)14-15-22(20(24)26-17(5)6)21-19(23)25-16(3)4/h7,9-11,14,16-17H,8,12-13,15H2,1-6H3,(H,21,23)/b10-9+,18-14+. The molecule has 6 nitrogen and oxygen atoms in total. The van der Waals surface area contributed by atoms with Crippen molar-refractivity contribution in [2.24, 2.45) is 0 Å². The molecule has 0 aromatic rings. The van der Waals surface area contributed by atoms with E-state index in [9.17, 15) is 9.59 Å². The molecular formula is C20H34N2O4. The van der Waals surface area contributed by atoms with Crippen LogP contribution in [0.15, 0.2) is 23.8 Å². The average Bonchev–Trinajstić information content (AvgIpc) is 2.54. The zero-order valence-corrected chi connectivity index (χ0v) is 17.0. The maximum Gasteiger partial charge on any atom is 0.429 e. The number of hydrogen-bond donors (Lipinski definition) is 1. The van der Waals surface area contributed by atoms with Crippen molar-refractivity contribution in [1.82, 2.24) is 10.4 Å². The van der Waals surface area contributed by atoms with Crippen LogP contribution in [-0.2, 0) is 9.47 Å². The van der Waals surface area contributed by atoms with Crippen LogP contribution in [0, 0.1) is 12.8 Å². The van der Waals surface area contributed by atoms with Gasteiger partial charge in [-0.2, -0.15) is 0 Å². The van der Waals surface area contributed by atoms with E-state index in [1.165, 1.54) is 5.57 Å². The lowest BCUT2D eigenvalue weighted by Gasteiger charge is -2.23. The van der Waals surface area contributed by atoms with E-state index in [1.54, 1.807) is 27.7 Å². The van der Waals surface area contributed by atoms with Crippen molar-refractivity contribution in [1.29, 1.82) is 0 Å². The molecule has 0 fully saturated rings. The molecule has 0 unspecified atom stereocenters. The molecule has 0 saturated carbocycles. The summed E-state index contributed by atoms with van der Waals surface area (Å²) in [7, 11) is 0. The Balaban J connectivity index is 4.81. The lowest BCUT2D eigenvalue weighted by atomic mass is 10.1. The first-order valence-electron chi connectivity index (χ1n) is 9.21. The smallest absolute Gasteiger partial charge is 0.429 e. The normalized spacial score (nSPS) is 11.9. The second kappa shape index (κ2) is 14.2. The van der Waals surface area contributed by atoms with Gasteiger partial charge < -0.3 is 9.47 Å². The van der Waals surface area contributed by atoms with Crippen molar-refractivity contribution in [2.75, 3.05) is 6.54 Å². The first-order valence-corrected chi connectivity index (χ1v) is 9.21. The molecule has 0 atom stereocenters. The molecule has 2 radical (unpaired) electrons. The number of allylic oxidation sites excluding steroid dienone is 3. The molecule has 6 heteroatoms. The molecule has 0 heterocycles. The van der Waals surface area contributed by atoms with Crippen molar-refractivity contribution >= 4 is 12.2 Å². The second-order valence-corrected chi connectivity index (χ2v) is 6.32. The Labute approximate surface area is 158 Å². The largest absolute Gasteiger partial charge is 0.446 e. The number of carbonyl (C=O) groups excluding carboxylic acids is 2. The number of nitrogens with zero attached hydrogens (tertiary/aromatic N) is 1. The highest BCUT2D eigenvalue weighted by atomic mass is 16.6. The van der Waals surface area contributed by atoms with Crippen LogP contribution in [0.25, 0.3) is 0 Å². The molecule has 0 spiro atoms. The molecule has 1 N–H and O–H groups in total. The maximum atomic E-state index is 12.2. The Morgan fingerprint density at radius 2 is 1.73 bits per heavy atom. The summed E-state index contributed by atoms with van der Waals surface area (Å²) in [4.78, 5) is 24.0. The first-order chi connectivity index (χ1) is 12.3. The fourth-order valence-corrected chi connectivity index (χ4v) is 1.98. The third-order valence-corrected chi connectivity index (χ3v) is 3.21. The molecule has 0 aromatic heterocycles. The number of amides is 2. The minimum absolute atomic E-state index is 0.223. The van der Waals surface area contributed by atoms with Crippen LogP contribution in [0.4, 0.5) is 9.59 Å². The van der Waals surface area contributed by atoms with Crippen LogP contribution in [0.2, 0.25) is 0 Å². The van der Waals surface area contributed by atoms with Gasteiger partial charge in [0.15, 0.2) is 0 Å². The van der Waals surface area contributed by atoms with E-state index in [0.29, 0.717) is 0 Å². The molecule has 0 aliphatic rings. The summed E-state index contributed by atoms with van der Waals surface area (Å²) in [6.07, 6.45) is 10.9. The summed E-state index contributed by atoms with van der Waals surface area (Å²) in [5, 5.41) is 1.13. The summed E-state index contributed by atoms with van der Waals surface area (Å²) in [6, 6.07) is 0. The highest BCUT2D eigenvalue weighted by Gasteiger charge is 2.19. The summed E-state index contributed by atoms with van der Waals surface area (Å²) in [6.45, 7) is 11.3. The van der Waals surface area contributed by atoms with Gasteiger partial charge in [0.1, 0.15) is 0 Å². The van der Waals surface area contributed by atoms with E-state index in [2.05, 4.69) is 18.8 Å². The van der Waals surface area contributed by atoms with E-state index in [-0.39, 0.29) is 18.8 Å². The van der Waals surface area contributed by atoms with Crippen LogP contribution in [-0.4, -0.2) is 35.9 Å². The number of rotatable bonds is 10. The van der Waals surface area contributed by atoms with Gasteiger partial charge in [0, 0.05) is 0 Å². The van der Waals surface area contributed by atoms with Crippen LogP contribution in [0.5, 0.6) is 0 Å². The zero-order chi connectivity index (χ0) is 19.9. The third-order valence-electron chi connectivity index (χ3n) is 3.21. The van der Waals surface area contributed by atoms with E-state index in [4.69, 9.17) is 9.47 Å². The monoisotopic (exact) mass is 366 g/mol. The summed E-state index contributed by atoms with van der Waals surface area (Å²) < 4.78 is 10.2. The predicted molar refractivity (Wildman–Crippen MR) is 104 cm³/mol. The molecule has 0 aliphatic heterocycles. The Kier molecular flexibility index (Phi) is 13.1. The van der Waals surface area contributed by atoms with Gasteiger partial charge in [-0.25, -0.2) is 20.0 Å². The van der Waals surface area contributed by atoms with Gasteiger partial charge in [0.25, 0.3) is 0 Å². The van der Waals surface area contributed by atoms with Gasteiger partial charge in [-0.15, -0.1) is 0 Å². The third kappa shape index (κ3) is 12.4. The fourth-order valence-electron chi connectivity index (χ4n) is 1.98. The van der Waals surface area contributed by atoms with Gasteiger partial charge in [-0.05, 0) is 59.8 Å². The van der Waals surface area contributed by atoms with Gasteiger partial charge in [0.05, 0.1) is 18.8 Å². The van der Waals surface area contributed by atoms with Gasteiger partial charge in [-0.3, -0.25) is 0 Å². The Bertz CT molecular complexity index is 470. The lowest BCUT2D eigenvalue weighted by molar-refractivity contribution is 0.0510. The molecule has 2 amide bonds. The van der Waals surface area contributed by atoms with Crippen molar-refractivity contribution in [3.8, 4) is 0 Å². The summed E-state index contributed by atoms with van der Waals surface area (Å²) >= 11 is 0. The van der Waals surface area contributed by atoms with Gasteiger partial charge >= 0.3 is 12.2 Å². The maximum absolute atomic E-state index is 12.2. The molecule has 26 heavy (non-hydrogen) atoms. The van der Waals surface area contributed by atoms with Crippen LogP contribution in [0.1, 0.15) is 60.8 Å². The molecule has 0 aromatic carbocycles. The van der Waals surface area contributed by atoms with Crippen molar-refractivity contribution < 1.29 is 19.1 Å². The van der Waals surface area contributed by atoms with Crippen molar-refractivity contribution in [3.05, 3.63) is 36.6 Å². The predicted octanol–water partition coefficient (Wildman–Crippen LogP) is 4.98. The highest BCUT2D eigenvalue weighted by molar-refractivity contribution is 5.74. The zero-order valence-electron chi connectivity index (χ0n) is 17.0. The molecule has 0 rings (SSSR count). The van der Waals surface area contributed by atoms with Crippen LogP contribution >= 0.6 is 0 Å². The first kappa shape index (κ1) is 24.0. The quantitative estimate of drug-likeness (QED) is 0.336. The van der Waals surface area contributed by atoms with Gasteiger partial charge in [-0.1, -0.05) is 37.6 Å². The van der Waals surface area contributed by atoms with E-state index in [1.807, 2.05) is 31.6 Å². The Hall–Kier alpha value is -1.98. The van der Waals surface area contributed by atoms with E-state index >= 15 is 0 Å². The van der Waals surface area contributed by atoms with E-state index in [0.717, 1.165) is 24.3 Å². The fraction of sp³-hybridized carbons (Fsp3) is 0.600. The number of unbranched alkanes of at least 4 members (excludes halogenated alkanes) is 1. The van der Waals surface area contributed by atoms with Gasteiger partial charge in [0.2, 0.25) is 0 Å². The highest BCUT2D eigenvalue weighted by Crippen LogP contribution is 2.12. The minimum Gasteiger partial charge on any atom is -0.446 e. The molecule has 148 valence electrons. The summed E-state index contributed by atoms with van der Waals surface area (Å²) in [5.41, 5.74) is 3.65. The van der Waals surface area contributed by atoms with Crippen molar-refractivity contribution in [2.45, 2.75) is 73.0 Å². The lowest BCUT2D eigenvalue weighted by Crippen LogP contribution is -2.47. The SMILES string of the molecule is C[CH]/C=C/[CH]CC/C(=C/CN(NC(=O)OC(C)C)C(=O)OC(C)C)CC. The molecule has 0 aliphatic carbocycles. The van der Waals surface area contributed by atoms with E-state index < -0.39 is 12.2 Å². The summed E-state index contributed by atoms with van der Waals surface area (Å²) in [5.74, 6) is 0. The molecule has 0 bridgehead atoms. The number of carbonyl (C=O) groups is 2.